The largest absolute Gasteiger partial charge is 0.506 e. The van der Waals surface area contributed by atoms with Gasteiger partial charge in [-0.05, 0) is 25.0 Å². The van der Waals surface area contributed by atoms with Gasteiger partial charge >= 0.3 is 0 Å². The second-order valence-electron chi connectivity index (χ2n) is 3.74. The molecule has 1 N–H and O–H groups in total. The Hall–Kier alpha value is -1.05. The number of hydrogen-bond donors (Lipinski definition) is 1. The van der Waals surface area contributed by atoms with Crippen molar-refractivity contribution in [3.05, 3.63) is 24.0 Å². The van der Waals surface area contributed by atoms with Crippen LogP contribution in [0.4, 0.5) is 0 Å². The Kier molecular flexibility index (Phi) is 2.48. The third kappa shape index (κ3) is 1.82. The maximum atomic E-state index is 9.60. The molecule has 2 heteroatoms. The molecule has 0 atom stereocenters. The van der Waals surface area contributed by atoms with Crippen LogP contribution in [0.2, 0.25) is 0 Å². The molecular weight excluding hydrogens is 162 g/mol. The molecule has 13 heavy (non-hydrogen) atoms. The van der Waals surface area contributed by atoms with E-state index in [2.05, 4.69) is 4.98 Å². The van der Waals surface area contributed by atoms with Gasteiger partial charge in [0.1, 0.15) is 5.75 Å². The Morgan fingerprint density at radius 2 is 2.00 bits per heavy atom. The highest BCUT2D eigenvalue weighted by Crippen LogP contribution is 2.35. The van der Waals surface area contributed by atoms with E-state index in [1.54, 1.807) is 18.3 Å². The van der Waals surface area contributed by atoms with Crippen LogP contribution in [-0.4, -0.2) is 10.1 Å². The van der Waals surface area contributed by atoms with E-state index in [1.807, 2.05) is 0 Å². The molecule has 0 aliphatic heterocycles. The molecule has 1 aliphatic carbocycles. The molecule has 0 amide bonds. The van der Waals surface area contributed by atoms with E-state index < -0.39 is 0 Å². The van der Waals surface area contributed by atoms with Crippen molar-refractivity contribution in [3.8, 4) is 5.75 Å². The number of aromatic nitrogens is 1. The predicted octanol–water partition coefficient (Wildman–Crippen LogP) is 2.83. The van der Waals surface area contributed by atoms with Gasteiger partial charge in [0.05, 0.1) is 5.69 Å². The van der Waals surface area contributed by atoms with Crippen LogP contribution in [0, 0.1) is 0 Å². The van der Waals surface area contributed by atoms with Crippen LogP contribution in [0.5, 0.6) is 5.75 Å². The van der Waals surface area contributed by atoms with Crippen molar-refractivity contribution < 1.29 is 5.11 Å². The van der Waals surface area contributed by atoms with Gasteiger partial charge in [-0.2, -0.15) is 0 Å². The molecule has 0 radical (unpaired) electrons. The Balaban J connectivity index is 2.18. The average molecular weight is 177 g/mol. The fourth-order valence-corrected chi connectivity index (χ4v) is 2.10. The number of pyridine rings is 1. The summed E-state index contributed by atoms with van der Waals surface area (Å²) in [5.41, 5.74) is 0.905. The lowest BCUT2D eigenvalue weighted by Gasteiger charge is -2.21. The van der Waals surface area contributed by atoms with Crippen molar-refractivity contribution >= 4 is 0 Å². The van der Waals surface area contributed by atoms with E-state index in [0.29, 0.717) is 11.7 Å². The van der Waals surface area contributed by atoms with Gasteiger partial charge in [-0.25, -0.2) is 0 Å². The summed E-state index contributed by atoms with van der Waals surface area (Å²) < 4.78 is 0. The number of hydrogen-bond acceptors (Lipinski definition) is 2. The molecule has 0 spiro atoms. The molecular formula is C11H15NO. The van der Waals surface area contributed by atoms with Crippen LogP contribution in [-0.2, 0) is 0 Å². The Bertz CT molecular complexity index is 279. The Morgan fingerprint density at radius 1 is 1.23 bits per heavy atom. The Labute approximate surface area is 78.6 Å². The summed E-state index contributed by atoms with van der Waals surface area (Å²) in [6, 6.07) is 3.51. The summed E-state index contributed by atoms with van der Waals surface area (Å²) in [6.45, 7) is 0. The highest BCUT2D eigenvalue weighted by Gasteiger charge is 2.18. The molecule has 2 nitrogen and oxygen atoms in total. The zero-order chi connectivity index (χ0) is 9.10. The molecule has 1 aromatic rings. The maximum Gasteiger partial charge on any atom is 0.137 e. The van der Waals surface area contributed by atoms with Gasteiger partial charge in [-0.3, -0.25) is 4.98 Å². The lowest BCUT2D eigenvalue weighted by Crippen LogP contribution is -2.06. The fraction of sp³-hybridized carbons (Fsp3) is 0.545. The molecule has 2 rings (SSSR count). The van der Waals surface area contributed by atoms with Crippen molar-refractivity contribution in [2.24, 2.45) is 0 Å². The first kappa shape index (κ1) is 8.54. The molecule has 0 aromatic carbocycles. The zero-order valence-electron chi connectivity index (χ0n) is 7.74. The molecule has 1 saturated carbocycles. The van der Waals surface area contributed by atoms with Crippen LogP contribution >= 0.6 is 0 Å². The van der Waals surface area contributed by atoms with Crippen LogP contribution in [0.1, 0.15) is 43.7 Å². The normalized spacial score (nSPS) is 18.8. The smallest absolute Gasteiger partial charge is 0.137 e. The summed E-state index contributed by atoms with van der Waals surface area (Å²) in [7, 11) is 0. The van der Waals surface area contributed by atoms with Gasteiger partial charge in [0, 0.05) is 12.1 Å². The minimum absolute atomic E-state index is 0.370. The fourth-order valence-electron chi connectivity index (χ4n) is 2.10. The van der Waals surface area contributed by atoms with Crippen molar-refractivity contribution in [2.45, 2.75) is 38.0 Å². The Morgan fingerprint density at radius 3 is 2.69 bits per heavy atom. The third-order valence-corrected chi connectivity index (χ3v) is 2.81. The van der Waals surface area contributed by atoms with Crippen molar-refractivity contribution in [1.29, 1.82) is 0 Å². The molecule has 0 bridgehead atoms. The first-order valence-electron chi connectivity index (χ1n) is 5.02. The monoisotopic (exact) mass is 177 g/mol. The van der Waals surface area contributed by atoms with Gasteiger partial charge < -0.3 is 5.11 Å². The van der Waals surface area contributed by atoms with Gasteiger partial charge in [0.15, 0.2) is 0 Å². The summed E-state index contributed by atoms with van der Waals surface area (Å²) in [5.74, 6) is 0.865. The lowest BCUT2D eigenvalue weighted by molar-refractivity contribution is 0.406. The summed E-state index contributed by atoms with van der Waals surface area (Å²) in [4.78, 5) is 4.25. The molecule has 1 aromatic heterocycles. The topological polar surface area (TPSA) is 33.1 Å². The second-order valence-corrected chi connectivity index (χ2v) is 3.74. The summed E-state index contributed by atoms with van der Waals surface area (Å²) in [5, 5.41) is 9.60. The van der Waals surface area contributed by atoms with Crippen LogP contribution in [0.3, 0.4) is 0 Å². The molecule has 70 valence electrons. The predicted molar refractivity (Wildman–Crippen MR) is 51.7 cm³/mol. The van der Waals surface area contributed by atoms with Gasteiger partial charge in [-0.1, -0.05) is 19.3 Å². The summed E-state index contributed by atoms with van der Waals surface area (Å²) >= 11 is 0. The van der Waals surface area contributed by atoms with E-state index in [1.165, 1.54) is 32.1 Å². The zero-order valence-corrected chi connectivity index (χ0v) is 7.74. The first-order chi connectivity index (χ1) is 6.38. The first-order valence-corrected chi connectivity index (χ1v) is 5.02. The SMILES string of the molecule is Oc1cccnc1C1CCCCC1. The van der Waals surface area contributed by atoms with E-state index in [0.717, 1.165) is 5.69 Å². The molecule has 1 aliphatic rings. The molecule has 1 fully saturated rings. The van der Waals surface area contributed by atoms with E-state index in [4.69, 9.17) is 0 Å². The van der Waals surface area contributed by atoms with Gasteiger partial charge in [0.2, 0.25) is 0 Å². The maximum absolute atomic E-state index is 9.60. The van der Waals surface area contributed by atoms with Crippen LogP contribution in [0.25, 0.3) is 0 Å². The van der Waals surface area contributed by atoms with Crippen LogP contribution < -0.4 is 0 Å². The quantitative estimate of drug-likeness (QED) is 0.715. The second kappa shape index (κ2) is 3.77. The minimum atomic E-state index is 0.370. The summed E-state index contributed by atoms with van der Waals surface area (Å²) in [6.07, 6.45) is 8.03. The highest BCUT2D eigenvalue weighted by atomic mass is 16.3. The molecule has 0 saturated heterocycles. The number of rotatable bonds is 1. The third-order valence-electron chi connectivity index (χ3n) is 2.81. The number of nitrogens with zero attached hydrogens (tertiary/aromatic N) is 1. The number of aromatic hydroxyl groups is 1. The van der Waals surface area contributed by atoms with Crippen molar-refractivity contribution in [2.75, 3.05) is 0 Å². The van der Waals surface area contributed by atoms with E-state index in [9.17, 15) is 5.11 Å². The standard InChI is InChI=1S/C11H15NO/c13-10-7-4-8-12-11(10)9-5-2-1-3-6-9/h4,7-9,13H,1-3,5-6H2. The van der Waals surface area contributed by atoms with Gasteiger partial charge in [-0.15, -0.1) is 0 Å². The molecule has 1 heterocycles. The lowest BCUT2D eigenvalue weighted by atomic mass is 9.86. The van der Waals surface area contributed by atoms with E-state index in [-0.39, 0.29) is 0 Å². The highest BCUT2D eigenvalue weighted by molar-refractivity contribution is 5.28. The van der Waals surface area contributed by atoms with Crippen molar-refractivity contribution in [1.82, 2.24) is 4.98 Å². The average Bonchev–Trinajstić information content (AvgIpc) is 2.20. The van der Waals surface area contributed by atoms with Crippen LogP contribution in [0.15, 0.2) is 18.3 Å². The van der Waals surface area contributed by atoms with Gasteiger partial charge in [0.25, 0.3) is 0 Å². The minimum Gasteiger partial charge on any atom is -0.506 e. The van der Waals surface area contributed by atoms with E-state index >= 15 is 0 Å². The molecule has 0 unspecified atom stereocenters. The van der Waals surface area contributed by atoms with Crippen molar-refractivity contribution in [3.63, 3.8) is 0 Å².